The summed E-state index contributed by atoms with van der Waals surface area (Å²) < 4.78 is 44.5. The van der Waals surface area contributed by atoms with E-state index in [4.69, 9.17) is 4.74 Å². The van der Waals surface area contributed by atoms with Crippen molar-refractivity contribution in [3.05, 3.63) is 56.4 Å². The third kappa shape index (κ3) is 4.85. The van der Waals surface area contributed by atoms with Gasteiger partial charge >= 0.3 is 17.6 Å². The maximum Gasteiger partial charge on any atom is 0.418 e. The summed E-state index contributed by atoms with van der Waals surface area (Å²) in [6.45, 7) is 2.53. The number of alkyl halides is 3. The molecule has 0 spiro atoms. The second-order valence-corrected chi connectivity index (χ2v) is 6.87. The van der Waals surface area contributed by atoms with Crippen LogP contribution in [0, 0.1) is 0 Å². The number of aliphatic hydroxyl groups is 1. The Bertz CT molecular complexity index is 935. The molecule has 0 bridgehead atoms. The van der Waals surface area contributed by atoms with Gasteiger partial charge in [-0.2, -0.15) is 18.2 Å². The average molecular weight is 414 g/mol. The first-order valence-electron chi connectivity index (χ1n) is 9.08. The molecule has 1 aromatic carbocycles. The van der Waals surface area contributed by atoms with Crippen molar-refractivity contribution in [3.8, 4) is 0 Å². The number of benzene rings is 1. The molecule has 3 N–H and O–H groups in total. The number of ether oxygens (including phenoxy) is 1. The zero-order valence-electron chi connectivity index (χ0n) is 15.6. The lowest BCUT2D eigenvalue weighted by molar-refractivity contribution is -0.206. The standard InChI is InChI=1S/C18H21F3N4O4/c1-10(11-3-2-4-12(9-11)14(26)18(19,20)21)22-15-23-16(27)25(17(28)24-15)13-5-7-29-8-6-13/h2-4,9-10,13-14,26H,5-8H2,1H3,(H2,22,23,24,27,28)/t10-,14+/m0/s1. The van der Waals surface area contributed by atoms with E-state index in [9.17, 15) is 27.9 Å². The van der Waals surface area contributed by atoms with Crippen LogP contribution in [0.15, 0.2) is 33.9 Å². The number of rotatable bonds is 5. The van der Waals surface area contributed by atoms with E-state index in [0.29, 0.717) is 31.6 Å². The minimum Gasteiger partial charge on any atom is -0.381 e. The van der Waals surface area contributed by atoms with E-state index in [2.05, 4.69) is 15.3 Å². The number of aromatic amines is 1. The van der Waals surface area contributed by atoms with Crippen molar-refractivity contribution in [1.82, 2.24) is 14.5 Å². The molecule has 0 saturated carbocycles. The number of hydrogen-bond acceptors (Lipinski definition) is 6. The number of anilines is 1. The van der Waals surface area contributed by atoms with Crippen molar-refractivity contribution in [2.75, 3.05) is 18.5 Å². The quantitative estimate of drug-likeness (QED) is 0.691. The molecule has 3 rings (SSSR count). The summed E-state index contributed by atoms with van der Waals surface area (Å²) in [6.07, 6.45) is -6.32. The minimum absolute atomic E-state index is 0.0856. The highest BCUT2D eigenvalue weighted by Crippen LogP contribution is 2.33. The summed E-state index contributed by atoms with van der Waals surface area (Å²) in [6, 6.07) is 4.44. The average Bonchev–Trinajstić information content (AvgIpc) is 2.67. The predicted molar refractivity (Wildman–Crippen MR) is 97.7 cm³/mol. The second-order valence-electron chi connectivity index (χ2n) is 6.87. The topological polar surface area (TPSA) is 109 Å². The lowest BCUT2D eigenvalue weighted by Crippen LogP contribution is -2.42. The Balaban J connectivity index is 1.80. The highest BCUT2D eigenvalue weighted by Gasteiger charge is 2.39. The monoisotopic (exact) mass is 414 g/mol. The molecule has 0 radical (unpaired) electrons. The van der Waals surface area contributed by atoms with Gasteiger partial charge in [-0.05, 0) is 30.9 Å². The summed E-state index contributed by atoms with van der Waals surface area (Å²) in [4.78, 5) is 31.0. The molecule has 8 nitrogen and oxygen atoms in total. The Morgan fingerprint density at radius 1 is 1.28 bits per heavy atom. The normalized spacial score (nSPS) is 17.7. The highest BCUT2D eigenvalue weighted by molar-refractivity contribution is 5.34. The van der Waals surface area contributed by atoms with Crippen LogP contribution in [0.3, 0.4) is 0 Å². The van der Waals surface area contributed by atoms with Crippen LogP contribution in [-0.4, -0.2) is 39.0 Å². The molecule has 11 heteroatoms. The van der Waals surface area contributed by atoms with Crippen molar-refractivity contribution < 1.29 is 23.0 Å². The lowest BCUT2D eigenvalue weighted by atomic mass is 10.0. The Morgan fingerprint density at radius 2 is 1.93 bits per heavy atom. The second kappa shape index (κ2) is 8.37. The number of aromatic nitrogens is 3. The fourth-order valence-corrected chi connectivity index (χ4v) is 3.24. The van der Waals surface area contributed by atoms with Crippen molar-refractivity contribution in [1.29, 1.82) is 0 Å². The van der Waals surface area contributed by atoms with E-state index < -0.39 is 29.7 Å². The fraction of sp³-hybridized carbons (Fsp3) is 0.500. The van der Waals surface area contributed by atoms with E-state index in [1.807, 2.05) is 0 Å². The summed E-state index contributed by atoms with van der Waals surface area (Å²) in [5.74, 6) is -0.0856. The Kier molecular flexibility index (Phi) is 6.08. The predicted octanol–water partition coefficient (Wildman–Crippen LogP) is 2.05. The van der Waals surface area contributed by atoms with Crippen LogP contribution in [0.5, 0.6) is 0 Å². The number of hydrogen-bond donors (Lipinski definition) is 3. The molecule has 29 heavy (non-hydrogen) atoms. The van der Waals surface area contributed by atoms with Crippen LogP contribution in [0.2, 0.25) is 0 Å². The van der Waals surface area contributed by atoms with Gasteiger partial charge in [0.2, 0.25) is 5.95 Å². The van der Waals surface area contributed by atoms with Crippen LogP contribution in [-0.2, 0) is 4.74 Å². The van der Waals surface area contributed by atoms with Gasteiger partial charge in [0.15, 0.2) is 6.10 Å². The van der Waals surface area contributed by atoms with Crippen molar-refractivity contribution >= 4 is 5.95 Å². The van der Waals surface area contributed by atoms with Gasteiger partial charge in [-0.1, -0.05) is 24.3 Å². The summed E-state index contributed by atoms with van der Waals surface area (Å²) in [5, 5.41) is 12.2. The van der Waals surface area contributed by atoms with Gasteiger partial charge in [0.05, 0.1) is 6.04 Å². The van der Waals surface area contributed by atoms with Gasteiger partial charge in [-0.25, -0.2) is 14.2 Å². The van der Waals surface area contributed by atoms with E-state index in [0.717, 1.165) is 4.57 Å². The van der Waals surface area contributed by atoms with Crippen molar-refractivity contribution in [3.63, 3.8) is 0 Å². The maximum atomic E-state index is 12.7. The van der Waals surface area contributed by atoms with Crippen molar-refractivity contribution in [2.45, 2.75) is 44.1 Å². The van der Waals surface area contributed by atoms with Crippen LogP contribution in [0.25, 0.3) is 0 Å². The maximum absolute atomic E-state index is 12.7. The minimum atomic E-state index is -4.78. The first-order chi connectivity index (χ1) is 13.7. The van der Waals surface area contributed by atoms with E-state index in [-0.39, 0.29) is 17.6 Å². The Labute approximate surface area is 163 Å². The van der Waals surface area contributed by atoms with Gasteiger partial charge in [-0.3, -0.25) is 4.98 Å². The smallest absolute Gasteiger partial charge is 0.381 e. The molecule has 2 aromatic rings. The molecule has 2 atom stereocenters. The van der Waals surface area contributed by atoms with Crippen LogP contribution < -0.4 is 16.7 Å². The van der Waals surface area contributed by atoms with Gasteiger partial charge in [0, 0.05) is 19.3 Å². The van der Waals surface area contributed by atoms with E-state index in [1.54, 1.807) is 13.0 Å². The van der Waals surface area contributed by atoms with Crippen LogP contribution in [0.1, 0.15) is 49.1 Å². The first kappa shape index (κ1) is 21.1. The summed E-state index contributed by atoms with van der Waals surface area (Å²) >= 11 is 0. The molecular formula is C18H21F3N4O4. The van der Waals surface area contributed by atoms with E-state index in [1.165, 1.54) is 18.2 Å². The SMILES string of the molecule is C[C@H](Nc1nc(=O)n(C2CCOCC2)c(=O)[nH]1)c1cccc([C@@H](O)C(F)(F)F)c1. The molecule has 1 aliphatic heterocycles. The summed E-state index contributed by atoms with van der Waals surface area (Å²) in [7, 11) is 0. The number of nitrogens with one attached hydrogen (secondary N) is 2. The third-order valence-electron chi connectivity index (χ3n) is 4.80. The lowest BCUT2D eigenvalue weighted by Gasteiger charge is -2.23. The molecule has 1 fully saturated rings. The molecule has 0 unspecified atom stereocenters. The van der Waals surface area contributed by atoms with Gasteiger partial charge in [0.1, 0.15) is 0 Å². The fourth-order valence-electron chi connectivity index (χ4n) is 3.24. The van der Waals surface area contributed by atoms with Gasteiger partial charge < -0.3 is 15.2 Å². The molecule has 1 aromatic heterocycles. The third-order valence-corrected chi connectivity index (χ3v) is 4.80. The Hall–Kier alpha value is -2.66. The van der Waals surface area contributed by atoms with E-state index >= 15 is 0 Å². The number of halogens is 3. The van der Waals surface area contributed by atoms with Gasteiger partial charge in [-0.15, -0.1) is 0 Å². The molecule has 1 aliphatic rings. The van der Waals surface area contributed by atoms with Crippen LogP contribution in [0.4, 0.5) is 19.1 Å². The summed E-state index contributed by atoms with van der Waals surface area (Å²) in [5.41, 5.74) is -1.22. The zero-order valence-corrected chi connectivity index (χ0v) is 15.6. The van der Waals surface area contributed by atoms with Crippen LogP contribution >= 0.6 is 0 Å². The zero-order chi connectivity index (χ0) is 21.2. The largest absolute Gasteiger partial charge is 0.418 e. The van der Waals surface area contributed by atoms with Crippen molar-refractivity contribution in [2.24, 2.45) is 0 Å². The molecule has 1 saturated heterocycles. The molecule has 0 aliphatic carbocycles. The molecular weight excluding hydrogens is 393 g/mol. The first-order valence-corrected chi connectivity index (χ1v) is 9.08. The van der Waals surface area contributed by atoms with Gasteiger partial charge in [0.25, 0.3) is 0 Å². The number of H-pyrrole nitrogens is 1. The number of aliphatic hydroxyl groups excluding tert-OH is 1. The number of nitrogens with zero attached hydrogens (tertiary/aromatic N) is 2. The molecule has 158 valence electrons. The highest BCUT2D eigenvalue weighted by atomic mass is 19.4. The molecule has 2 heterocycles. The Morgan fingerprint density at radius 3 is 2.55 bits per heavy atom. The molecule has 0 amide bonds.